The second-order valence-electron chi connectivity index (χ2n) is 7.85. The standard InChI is InChI=1S/C11H15N3O2.C6H4ClNO2.C5H12N2/c1-12-6-8-13(9-7-12)10-2-4-11(5-3-10)14(15)16;7-5-1-3-6(4-2-5)8(9)10;1-7-4-2-6-3-5-7/h2-5H,6-9H2,1H3;1-4H;6H,2-5H2,1H3. The van der Waals surface area contributed by atoms with Crippen molar-refractivity contribution in [1.82, 2.24) is 15.1 Å². The van der Waals surface area contributed by atoms with E-state index in [9.17, 15) is 20.2 Å². The highest BCUT2D eigenvalue weighted by atomic mass is 35.5. The lowest BCUT2D eigenvalue weighted by atomic mass is 10.2. The van der Waals surface area contributed by atoms with Crippen molar-refractivity contribution in [3.8, 4) is 0 Å². The number of benzene rings is 2. The number of likely N-dealkylation sites (N-methyl/N-ethyl adjacent to an activating group) is 2. The number of rotatable bonds is 3. The maximum Gasteiger partial charge on any atom is 0.269 e. The van der Waals surface area contributed by atoms with Gasteiger partial charge in [0.1, 0.15) is 0 Å². The van der Waals surface area contributed by atoms with Gasteiger partial charge in [-0.05, 0) is 38.4 Å². The van der Waals surface area contributed by atoms with Gasteiger partial charge in [-0.15, -0.1) is 0 Å². The predicted molar refractivity (Wildman–Crippen MR) is 131 cm³/mol. The average Bonchev–Trinajstić information content (AvgIpc) is 2.81. The zero-order valence-electron chi connectivity index (χ0n) is 19.0. The zero-order valence-corrected chi connectivity index (χ0v) is 19.8. The highest BCUT2D eigenvalue weighted by Gasteiger charge is 2.15. The van der Waals surface area contributed by atoms with Crippen molar-refractivity contribution in [2.45, 2.75) is 0 Å². The molecule has 11 heteroatoms. The van der Waals surface area contributed by atoms with Crippen molar-refractivity contribution in [2.24, 2.45) is 0 Å². The minimum absolute atomic E-state index is 0.0596. The van der Waals surface area contributed by atoms with Crippen LogP contribution in [0.2, 0.25) is 5.02 Å². The first-order valence-corrected chi connectivity index (χ1v) is 11.1. The van der Waals surface area contributed by atoms with E-state index in [1.54, 1.807) is 12.1 Å². The molecule has 1 N–H and O–H groups in total. The van der Waals surface area contributed by atoms with Crippen LogP contribution < -0.4 is 10.2 Å². The van der Waals surface area contributed by atoms with Crippen LogP contribution in [0, 0.1) is 20.2 Å². The number of hydrogen-bond acceptors (Lipinski definition) is 8. The summed E-state index contributed by atoms with van der Waals surface area (Å²) in [6.07, 6.45) is 0. The quantitative estimate of drug-likeness (QED) is 0.529. The second kappa shape index (κ2) is 13.7. The van der Waals surface area contributed by atoms with Gasteiger partial charge in [0.2, 0.25) is 0 Å². The number of nitrogens with one attached hydrogen (secondary N) is 1. The molecule has 2 aliphatic heterocycles. The summed E-state index contributed by atoms with van der Waals surface area (Å²) in [5.74, 6) is 0. The Morgan fingerprint density at radius 1 is 0.727 bits per heavy atom. The Kier molecular flexibility index (Phi) is 11.0. The summed E-state index contributed by atoms with van der Waals surface area (Å²) < 4.78 is 0. The van der Waals surface area contributed by atoms with Gasteiger partial charge < -0.3 is 20.0 Å². The topological polar surface area (TPSA) is 108 Å². The molecule has 4 rings (SSSR count). The lowest BCUT2D eigenvalue weighted by Gasteiger charge is -2.33. The normalized spacial score (nSPS) is 16.6. The van der Waals surface area contributed by atoms with Crippen molar-refractivity contribution in [2.75, 3.05) is 71.4 Å². The molecule has 180 valence electrons. The fourth-order valence-corrected chi connectivity index (χ4v) is 3.32. The smallest absolute Gasteiger partial charge is 0.269 e. The zero-order chi connectivity index (χ0) is 24.2. The largest absolute Gasteiger partial charge is 0.369 e. The minimum atomic E-state index is -0.462. The molecule has 0 spiro atoms. The molecule has 2 heterocycles. The number of anilines is 1. The highest BCUT2D eigenvalue weighted by Crippen LogP contribution is 2.20. The number of halogens is 1. The minimum Gasteiger partial charge on any atom is -0.369 e. The first-order chi connectivity index (χ1) is 15.8. The molecule has 2 aromatic carbocycles. The summed E-state index contributed by atoms with van der Waals surface area (Å²) in [5.41, 5.74) is 1.28. The summed E-state index contributed by atoms with van der Waals surface area (Å²) >= 11 is 5.49. The van der Waals surface area contributed by atoms with Crippen LogP contribution in [-0.2, 0) is 0 Å². The fourth-order valence-electron chi connectivity index (χ4n) is 3.19. The summed E-state index contributed by atoms with van der Waals surface area (Å²) in [6.45, 7) is 8.78. The van der Waals surface area contributed by atoms with Crippen LogP contribution in [0.15, 0.2) is 48.5 Å². The molecule has 2 aromatic rings. The molecule has 0 aliphatic carbocycles. The Morgan fingerprint density at radius 3 is 1.55 bits per heavy atom. The van der Waals surface area contributed by atoms with Gasteiger partial charge in [0.05, 0.1) is 9.85 Å². The van der Waals surface area contributed by atoms with Crippen LogP contribution in [0.1, 0.15) is 0 Å². The molecular formula is C22H31ClN6O4. The van der Waals surface area contributed by atoms with E-state index in [1.165, 1.54) is 37.4 Å². The lowest BCUT2D eigenvalue weighted by molar-refractivity contribution is -0.385. The molecule has 0 aromatic heterocycles. The Bertz CT molecular complexity index is 867. The van der Waals surface area contributed by atoms with Crippen LogP contribution in [0.4, 0.5) is 17.1 Å². The van der Waals surface area contributed by atoms with Gasteiger partial charge in [-0.1, -0.05) is 11.6 Å². The fraction of sp³-hybridized carbons (Fsp3) is 0.455. The van der Waals surface area contributed by atoms with Crippen LogP contribution in [0.25, 0.3) is 0 Å². The number of non-ortho nitro benzene ring substituents is 2. The average molecular weight is 479 g/mol. The molecule has 33 heavy (non-hydrogen) atoms. The molecule has 0 bridgehead atoms. The maximum atomic E-state index is 10.5. The molecule has 0 unspecified atom stereocenters. The van der Waals surface area contributed by atoms with E-state index in [0.717, 1.165) is 45.0 Å². The predicted octanol–water partition coefficient (Wildman–Crippen LogP) is 3.12. The first kappa shape index (κ1) is 26.5. The van der Waals surface area contributed by atoms with E-state index in [0.29, 0.717) is 5.02 Å². The molecule has 2 saturated heterocycles. The molecule has 0 atom stereocenters. The Labute approximate surface area is 199 Å². The Balaban J connectivity index is 0.000000193. The van der Waals surface area contributed by atoms with Gasteiger partial charge >= 0.3 is 0 Å². The van der Waals surface area contributed by atoms with E-state index in [-0.39, 0.29) is 16.3 Å². The lowest BCUT2D eigenvalue weighted by Crippen LogP contribution is -2.44. The van der Waals surface area contributed by atoms with Gasteiger partial charge in [0.15, 0.2) is 0 Å². The van der Waals surface area contributed by atoms with E-state index < -0.39 is 4.92 Å². The molecule has 0 radical (unpaired) electrons. The molecule has 0 saturated carbocycles. The number of nitro groups is 2. The maximum absolute atomic E-state index is 10.5. The summed E-state index contributed by atoms with van der Waals surface area (Å²) in [5, 5.41) is 24.4. The van der Waals surface area contributed by atoms with Gasteiger partial charge in [-0.3, -0.25) is 20.2 Å². The Hall–Kier alpha value is -2.79. The third-order valence-corrected chi connectivity index (χ3v) is 5.56. The Morgan fingerprint density at radius 2 is 1.15 bits per heavy atom. The van der Waals surface area contributed by atoms with E-state index >= 15 is 0 Å². The second-order valence-corrected chi connectivity index (χ2v) is 8.29. The van der Waals surface area contributed by atoms with Crippen molar-refractivity contribution in [3.63, 3.8) is 0 Å². The summed E-state index contributed by atoms with van der Waals surface area (Å²) in [7, 11) is 4.26. The van der Waals surface area contributed by atoms with Crippen LogP contribution in [0.3, 0.4) is 0 Å². The highest BCUT2D eigenvalue weighted by molar-refractivity contribution is 6.30. The van der Waals surface area contributed by atoms with E-state index in [1.807, 2.05) is 12.1 Å². The van der Waals surface area contributed by atoms with Gasteiger partial charge in [0.25, 0.3) is 11.4 Å². The number of nitrogens with zero attached hydrogens (tertiary/aromatic N) is 5. The molecule has 2 aliphatic rings. The van der Waals surface area contributed by atoms with Crippen LogP contribution >= 0.6 is 11.6 Å². The van der Waals surface area contributed by atoms with Crippen LogP contribution in [0.5, 0.6) is 0 Å². The van der Waals surface area contributed by atoms with Gasteiger partial charge in [-0.2, -0.15) is 0 Å². The molecule has 10 nitrogen and oxygen atoms in total. The van der Waals surface area contributed by atoms with E-state index in [4.69, 9.17) is 11.6 Å². The molecule has 2 fully saturated rings. The van der Waals surface area contributed by atoms with Crippen LogP contribution in [-0.4, -0.2) is 86.1 Å². The third kappa shape index (κ3) is 9.70. The SMILES string of the molecule is CN1CCN(c2ccc([N+](=O)[O-])cc2)CC1.CN1CCNCC1.O=[N+]([O-])c1ccc(Cl)cc1. The summed E-state index contributed by atoms with van der Waals surface area (Å²) in [6, 6.07) is 12.5. The number of nitro benzene ring substituents is 2. The third-order valence-electron chi connectivity index (χ3n) is 5.31. The number of hydrogen-bond donors (Lipinski definition) is 1. The van der Waals surface area contributed by atoms with Crippen molar-refractivity contribution >= 4 is 28.7 Å². The summed E-state index contributed by atoms with van der Waals surface area (Å²) in [4.78, 5) is 26.6. The van der Waals surface area contributed by atoms with Crippen molar-refractivity contribution < 1.29 is 9.85 Å². The monoisotopic (exact) mass is 478 g/mol. The van der Waals surface area contributed by atoms with Crippen molar-refractivity contribution in [3.05, 3.63) is 73.8 Å². The molecular weight excluding hydrogens is 448 g/mol. The van der Waals surface area contributed by atoms with Gasteiger partial charge in [0, 0.05) is 87.3 Å². The van der Waals surface area contributed by atoms with Crippen molar-refractivity contribution in [1.29, 1.82) is 0 Å². The number of piperazine rings is 2. The first-order valence-electron chi connectivity index (χ1n) is 10.7. The van der Waals surface area contributed by atoms with Gasteiger partial charge in [-0.25, -0.2) is 0 Å². The molecule has 0 amide bonds. The van der Waals surface area contributed by atoms with E-state index in [2.05, 4.69) is 34.1 Å².